The topological polar surface area (TPSA) is 87.2 Å². The van der Waals surface area contributed by atoms with Gasteiger partial charge in [-0.2, -0.15) is 0 Å². The summed E-state index contributed by atoms with van der Waals surface area (Å²) in [5, 5.41) is 0.224. The Kier molecular flexibility index (Phi) is 8.35. The molecule has 4 rings (SSSR count). The summed E-state index contributed by atoms with van der Waals surface area (Å²) in [5.41, 5.74) is 2.40. The number of amides is 2. The highest BCUT2D eigenvalue weighted by Gasteiger charge is 2.39. The summed E-state index contributed by atoms with van der Waals surface area (Å²) in [6, 6.07) is 9.70. The number of ketones is 1. The van der Waals surface area contributed by atoms with Crippen LogP contribution >= 0.6 is 11.6 Å². The molecule has 2 amide bonds. The lowest BCUT2D eigenvalue weighted by Crippen LogP contribution is -2.39. The van der Waals surface area contributed by atoms with Crippen LogP contribution in [0.1, 0.15) is 47.2 Å². The van der Waals surface area contributed by atoms with Crippen molar-refractivity contribution in [1.82, 2.24) is 9.80 Å². The number of nitrogens with zero attached hydrogens (tertiary/aromatic N) is 3. The fourth-order valence-corrected chi connectivity index (χ4v) is 5.30. The SMILES string of the molecule is CC(=O)OCN1CC(C(=O)C(=O)N(C)C)c2cc(C(=O)N3CCC(Cc4ccc(F)cc4)CC3)c(Cl)cc21. The molecule has 0 aromatic heterocycles. The number of ether oxygens (including phenoxy) is 1. The molecule has 2 aromatic carbocycles. The Labute approximate surface area is 226 Å². The summed E-state index contributed by atoms with van der Waals surface area (Å²) in [5.74, 6) is -2.67. The number of Topliss-reactive ketones (excluding diaryl/α,β-unsaturated/α-hetero) is 1. The minimum absolute atomic E-state index is 0.104. The number of hydrogen-bond donors (Lipinski definition) is 0. The molecule has 0 spiro atoms. The highest BCUT2D eigenvalue weighted by molar-refractivity contribution is 6.39. The Morgan fingerprint density at radius 1 is 1.08 bits per heavy atom. The van der Waals surface area contributed by atoms with Crippen LogP contribution in [-0.4, -0.2) is 73.8 Å². The van der Waals surface area contributed by atoms with Gasteiger partial charge in [-0.1, -0.05) is 23.7 Å². The van der Waals surface area contributed by atoms with Gasteiger partial charge >= 0.3 is 5.97 Å². The van der Waals surface area contributed by atoms with Gasteiger partial charge in [0.2, 0.25) is 5.78 Å². The van der Waals surface area contributed by atoms with Gasteiger partial charge in [-0.3, -0.25) is 19.2 Å². The van der Waals surface area contributed by atoms with Crippen LogP contribution in [0.2, 0.25) is 5.02 Å². The minimum Gasteiger partial charge on any atom is -0.444 e. The molecule has 0 radical (unpaired) electrons. The molecule has 0 saturated carbocycles. The maximum atomic E-state index is 13.5. The Hall–Kier alpha value is -3.46. The Morgan fingerprint density at radius 3 is 2.34 bits per heavy atom. The normalized spacial score (nSPS) is 17.2. The van der Waals surface area contributed by atoms with E-state index in [-0.39, 0.29) is 35.6 Å². The van der Waals surface area contributed by atoms with Crippen LogP contribution in [0, 0.1) is 11.7 Å². The number of benzene rings is 2. The lowest BCUT2D eigenvalue weighted by molar-refractivity contribution is -0.143. The second-order valence-electron chi connectivity index (χ2n) is 10.1. The number of carbonyl (C=O) groups excluding carboxylic acids is 4. The zero-order chi connectivity index (χ0) is 27.6. The molecule has 2 aliphatic rings. The third-order valence-corrected chi connectivity index (χ3v) is 7.48. The van der Waals surface area contributed by atoms with Crippen molar-refractivity contribution in [2.24, 2.45) is 5.92 Å². The van der Waals surface area contributed by atoms with Gasteiger partial charge in [-0.15, -0.1) is 0 Å². The maximum Gasteiger partial charge on any atom is 0.304 e. The number of halogens is 2. The molecule has 2 heterocycles. The Bertz CT molecular complexity index is 1240. The van der Waals surface area contributed by atoms with Gasteiger partial charge in [0.25, 0.3) is 11.8 Å². The third kappa shape index (κ3) is 5.99. The highest BCUT2D eigenvalue weighted by atomic mass is 35.5. The van der Waals surface area contributed by atoms with Crippen molar-refractivity contribution in [3.63, 3.8) is 0 Å². The number of rotatable bonds is 7. The summed E-state index contributed by atoms with van der Waals surface area (Å²) in [6.45, 7) is 2.42. The van der Waals surface area contributed by atoms with E-state index >= 15 is 0 Å². The van der Waals surface area contributed by atoms with Crippen molar-refractivity contribution in [2.75, 3.05) is 45.4 Å². The van der Waals surface area contributed by atoms with Crippen LogP contribution in [0.4, 0.5) is 10.1 Å². The molecule has 0 N–H and O–H groups in total. The van der Waals surface area contributed by atoms with Gasteiger partial charge in [0, 0.05) is 46.3 Å². The molecule has 1 saturated heterocycles. The average Bonchev–Trinajstić information content (AvgIpc) is 3.24. The number of piperidine rings is 1. The minimum atomic E-state index is -0.819. The van der Waals surface area contributed by atoms with Crippen LogP contribution in [0.3, 0.4) is 0 Å². The molecular formula is C28H31ClFN3O5. The predicted molar refractivity (Wildman–Crippen MR) is 141 cm³/mol. The quantitative estimate of drug-likeness (QED) is 0.391. The summed E-state index contributed by atoms with van der Waals surface area (Å²) < 4.78 is 18.3. The van der Waals surface area contributed by atoms with E-state index in [2.05, 4.69) is 0 Å². The first kappa shape index (κ1) is 27.6. The number of esters is 1. The van der Waals surface area contributed by atoms with Gasteiger partial charge < -0.3 is 19.4 Å². The highest BCUT2D eigenvalue weighted by Crippen LogP contribution is 2.41. The van der Waals surface area contributed by atoms with Gasteiger partial charge in [0.05, 0.1) is 16.5 Å². The molecule has 202 valence electrons. The number of fused-ring (bicyclic) bond motifs is 1. The van der Waals surface area contributed by atoms with E-state index in [1.165, 1.54) is 38.1 Å². The van der Waals surface area contributed by atoms with E-state index in [4.69, 9.17) is 16.3 Å². The lowest BCUT2D eigenvalue weighted by atomic mass is 9.89. The fourth-order valence-electron chi connectivity index (χ4n) is 5.06. The van der Waals surface area contributed by atoms with Crippen LogP contribution in [0.25, 0.3) is 0 Å². The standard InChI is InChI=1S/C28H31ClFN3O5/c1-17(34)38-16-33-15-23(26(35)28(37)31(2)3)21-13-22(24(29)14-25(21)33)27(36)32-10-8-19(9-11-32)12-18-4-6-20(30)7-5-18/h4-7,13-14,19,23H,8-12,15-16H2,1-3H3. The summed E-state index contributed by atoms with van der Waals surface area (Å²) >= 11 is 6.57. The number of likely N-dealkylation sites (tertiary alicyclic amines) is 1. The average molecular weight is 544 g/mol. The van der Waals surface area contributed by atoms with E-state index < -0.39 is 23.6 Å². The molecule has 1 unspecified atom stereocenters. The van der Waals surface area contributed by atoms with Crippen molar-refractivity contribution in [3.05, 3.63) is 63.9 Å². The molecule has 1 atom stereocenters. The predicted octanol–water partition coefficient (Wildman–Crippen LogP) is 3.66. The summed E-state index contributed by atoms with van der Waals surface area (Å²) in [6.07, 6.45) is 2.43. The molecule has 0 aliphatic carbocycles. The van der Waals surface area contributed by atoms with E-state index in [1.807, 2.05) is 0 Å². The van der Waals surface area contributed by atoms with Crippen molar-refractivity contribution in [1.29, 1.82) is 0 Å². The molecule has 2 aromatic rings. The van der Waals surface area contributed by atoms with E-state index in [9.17, 15) is 23.6 Å². The van der Waals surface area contributed by atoms with Crippen molar-refractivity contribution in [2.45, 2.75) is 32.1 Å². The molecular weight excluding hydrogens is 513 g/mol. The van der Waals surface area contributed by atoms with E-state index in [0.717, 1.165) is 24.8 Å². The number of carbonyl (C=O) groups is 4. The van der Waals surface area contributed by atoms with Crippen LogP contribution in [0.5, 0.6) is 0 Å². The third-order valence-electron chi connectivity index (χ3n) is 7.16. The van der Waals surface area contributed by atoms with Crippen molar-refractivity contribution in [3.8, 4) is 0 Å². The first-order valence-electron chi connectivity index (χ1n) is 12.6. The largest absolute Gasteiger partial charge is 0.444 e. The van der Waals surface area contributed by atoms with Crippen molar-refractivity contribution < 1.29 is 28.3 Å². The Balaban J connectivity index is 1.52. The van der Waals surface area contributed by atoms with Gasteiger partial charge in [0.15, 0.2) is 6.73 Å². The van der Waals surface area contributed by atoms with E-state index in [1.54, 1.807) is 34.1 Å². The van der Waals surface area contributed by atoms with Gasteiger partial charge in [0.1, 0.15) is 5.82 Å². The van der Waals surface area contributed by atoms with E-state index in [0.29, 0.717) is 30.3 Å². The summed E-state index contributed by atoms with van der Waals surface area (Å²) in [4.78, 5) is 55.0. The maximum absolute atomic E-state index is 13.5. The number of likely N-dealkylation sites (N-methyl/N-ethyl adjacent to an activating group) is 1. The van der Waals surface area contributed by atoms with Crippen LogP contribution in [0.15, 0.2) is 36.4 Å². The first-order chi connectivity index (χ1) is 18.0. The molecule has 1 fully saturated rings. The molecule has 0 bridgehead atoms. The monoisotopic (exact) mass is 543 g/mol. The zero-order valence-corrected chi connectivity index (χ0v) is 22.5. The molecule has 8 nitrogen and oxygen atoms in total. The lowest BCUT2D eigenvalue weighted by Gasteiger charge is -2.32. The fraction of sp³-hybridized carbons (Fsp3) is 0.429. The van der Waals surface area contributed by atoms with Crippen LogP contribution < -0.4 is 4.90 Å². The molecule has 38 heavy (non-hydrogen) atoms. The molecule has 2 aliphatic heterocycles. The van der Waals surface area contributed by atoms with Crippen LogP contribution in [-0.2, 0) is 25.5 Å². The first-order valence-corrected chi connectivity index (χ1v) is 12.9. The number of hydrogen-bond acceptors (Lipinski definition) is 6. The zero-order valence-electron chi connectivity index (χ0n) is 21.7. The smallest absolute Gasteiger partial charge is 0.304 e. The second kappa shape index (κ2) is 11.5. The number of anilines is 1. The van der Waals surface area contributed by atoms with Gasteiger partial charge in [-0.05, 0) is 60.6 Å². The summed E-state index contributed by atoms with van der Waals surface area (Å²) in [7, 11) is 3.01. The second-order valence-corrected chi connectivity index (χ2v) is 10.5. The molecule has 10 heteroatoms. The Morgan fingerprint density at radius 2 is 1.74 bits per heavy atom. The van der Waals surface area contributed by atoms with Gasteiger partial charge in [-0.25, -0.2) is 4.39 Å². The van der Waals surface area contributed by atoms with Crippen molar-refractivity contribution >= 4 is 40.9 Å².